The number of benzene rings is 2. The SMILES string of the molecule is N#Cc1c(NCc2ccccc2)[nH+]c(N2CCOCC2)c2c1CC[NH+](Cc1ccccc1)C2. The van der Waals surface area contributed by atoms with Crippen molar-refractivity contribution in [1.29, 1.82) is 5.26 Å². The molecule has 1 unspecified atom stereocenters. The maximum absolute atomic E-state index is 10.1. The molecule has 0 aliphatic carbocycles. The molecule has 6 heteroatoms. The lowest BCUT2D eigenvalue weighted by molar-refractivity contribution is -0.929. The second kappa shape index (κ2) is 10.0. The molecule has 3 N–H and O–H groups in total. The maximum atomic E-state index is 10.1. The quantitative estimate of drug-likeness (QED) is 0.614. The molecule has 0 bridgehead atoms. The number of hydrogen-bond acceptors (Lipinski definition) is 4. The lowest BCUT2D eigenvalue weighted by Crippen LogP contribution is -3.10. The van der Waals surface area contributed by atoms with E-state index in [1.807, 2.05) is 18.2 Å². The van der Waals surface area contributed by atoms with Crippen molar-refractivity contribution < 1.29 is 14.6 Å². The van der Waals surface area contributed by atoms with Crippen LogP contribution in [0.5, 0.6) is 0 Å². The summed E-state index contributed by atoms with van der Waals surface area (Å²) in [6.45, 7) is 6.81. The first-order valence-electron chi connectivity index (χ1n) is 11.8. The molecule has 33 heavy (non-hydrogen) atoms. The molecule has 5 rings (SSSR count). The number of ether oxygens (including phenoxy) is 1. The fourth-order valence-corrected chi connectivity index (χ4v) is 4.94. The molecule has 168 valence electrons. The predicted molar refractivity (Wildman–Crippen MR) is 128 cm³/mol. The summed E-state index contributed by atoms with van der Waals surface area (Å²) in [5, 5.41) is 13.6. The fraction of sp³-hybridized carbons (Fsp3) is 0.333. The molecule has 2 aliphatic heterocycles. The summed E-state index contributed by atoms with van der Waals surface area (Å²) in [7, 11) is 0. The summed E-state index contributed by atoms with van der Waals surface area (Å²) < 4.78 is 5.62. The van der Waals surface area contributed by atoms with Crippen LogP contribution >= 0.6 is 0 Å². The largest absolute Gasteiger partial charge is 0.375 e. The number of hydrogen-bond donors (Lipinski definition) is 2. The molecule has 2 aromatic carbocycles. The number of anilines is 2. The van der Waals surface area contributed by atoms with Crippen molar-refractivity contribution in [3.8, 4) is 6.07 Å². The van der Waals surface area contributed by atoms with E-state index in [9.17, 15) is 5.26 Å². The summed E-state index contributed by atoms with van der Waals surface area (Å²) in [6.07, 6.45) is 0.909. The third-order valence-corrected chi connectivity index (χ3v) is 6.65. The smallest absolute Gasteiger partial charge is 0.237 e. The topological polar surface area (TPSA) is 66.9 Å². The Kier molecular flexibility index (Phi) is 6.52. The number of aromatic nitrogens is 1. The van der Waals surface area contributed by atoms with Gasteiger partial charge in [-0.1, -0.05) is 60.7 Å². The van der Waals surface area contributed by atoms with Crippen LogP contribution in [0.1, 0.15) is 27.8 Å². The Morgan fingerprint density at radius 3 is 2.36 bits per heavy atom. The first-order chi connectivity index (χ1) is 16.3. The highest BCUT2D eigenvalue weighted by Crippen LogP contribution is 2.28. The van der Waals surface area contributed by atoms with Crippen LogP contribution in [0, 0.1) is 11.3 Å². The van der Waals surface area contributed by atoms with E-state index in [4.69, 9.17) is 4.74 Å². The molecule has 3 aromatic rings. The number of quaternary nitrogens is 1. The number of rotatable bonds is 6. The van der Waals surface area contributed by atoms with Crippen molar-refractivity contribution in [1.82, 2.24) is 0 Å². The van der Waals surface area contributed by atoms with Gasteiger partial charge in [-0.3, -0.25) is 4.90 Å². The summed E-state index contributed by atoms with van der Waals surface area (Å²) in [5.74, 6) is 1.97. The standard InChI is InChI=1S/C27H29N5O/c28-17-24-23-11-12-31(19-22-9-5-2-6-10-22)20-25(23)27(32-13-15-33-16-14-32)30-26(24)29-18-21-7-3-1-4-8-21/h1-10H,11-16,18-20H2,(H,29,30)/p+2. The summed E-state index contributed by atoms with van der Waals surface area (Å²) in [4.78, 5) is 7.56. The third kappa shape index (κ3) is 4.85. The van der Waals surface area contributed by atoms with Crippen molar-refractivity contribution in [2.24, 2.45) is 0 Å². The Hall–Kier alpha value is -3.40. The van der Waals surface area contributed by atoms with Gasteiger partial charge < -0.3 is 15.0 Å². The Bertz CT molecular complexity index is 1120. The summed E-state index contributed by atoms with van der Waals surface area (Å²) in [5.41, 5.74) is 5.80. The average molecular weight is 442 g/mol. The average Bonchev–Trinajstić information content (AvgIpc) is 2.88. The van der Waals surface area contributed by atoms with Crippen molar-refractivity contribution in [3.05, 3.63) is 88.5 Å². The Morgan fingerprint density at radius 1 is 0.970 bits per heavy atom. The molecule has 1 fully saturated rings. The van der Waals surface area contributed by atoms with Gasteiger partial charge in [-0.15, -0.1) is 0 Å². The molecule has 0 spiro atoms. The second-order valence-corrected chi connectivity index (χ2v) is 8.82. The van der Waals surface area contributed by atoms with Crippen molar-refractivity contribution in [2.75, 3.05) is 43.1 Å². The molecule has 1 aromatic heterocycles. The van der Waals surface area contributed by atoms with Crippen molar-refractivity contribution in [2.45, 2.75) is 26.1 Å². The summed E-state index contributed by atoms with van der Waals surface area (Å²) in [6, 6.07) is 23.5. The number of nitriles is 1. The zero-order valence-corrected chi connectivity index (χ0v) is 18.9. The Labute approximate surface area is 195 Å². The number of nitrogens with zero attached hydrogens (tertiary/aromatic N) is 2. The number of H-pyrrole nitrogens is 1. The molecule has 2 aliphatic rings. The van der Waals surface area contributed by atoms with E-state index in [2.05, 4.69) is 63.7 Å². The van der Waals surface area contributed by atoms with Crippen LogP contribution in [0.25, 0.3) is 0 Å². The van der Waals surface area contributed by atoms with Gasteiger partial charge in [0.25, 0.3) is 0 Å². The fourth-order valence-electron chi connectivity index (χ4n) is 4.94. The molecule has 0 radical (unpaired) electrons. The van der Waals surface area contributed by atoms with Gasteiger partial charge in [0.1, 0.15) is 24.7 Å². The van der Waals surface area contributed by atoms with Crippen LogP contribution in [0.2, 0.25) is 0 Å². The minimum atomic E-state index is 0.679. The Morgan fingerprint density at radius 2 is 1.67 bits per heavy atom. The highest BCUT2D eigenvalue weighted by molar-refractivity contribution is 5.61. The maximum Gasteiger partial charge on any atom is 0.237 e. The van der Waals surface area contributed by atoms with Gasteiger partial charge in [0, 0.05) is 12.0 Å². The molecular weight excluding hydrogens is 410 g/mol. The van der Waals surface area contributed by atoms with E-state index in [0.717, 1.165) is 69.6 Å². The number of pyridine rings is 1. The van der Waals surface area contributed by atoms with Gasteiger partial charge in [0.05, 0.1) is 45.0 Å². The van der Waals surface area contributed by atoms with E-state index in [0.29, 0.717) is 6.54 Å². The minimum absolute atomic E-state index is 0.679. The van der Waals surface area contributed by atoms with E-state index in [1.165, 1.54) is 27.2 Å². The lowest BCUT2D eigenvalue weighted by Gasteiger charge is -2.31. The zero-order chi connectivity index (χ0) is 22.5. The molecule has 3 heterocycles. The van der Waals surface area contributed by atoms with Crippen LogP contribution in [0.3, 0.4) is 0 Å². The second-order valence-electron chi connectivity index (χ2n) is 8.82. The van der Waals surface area contributed by atoms with Crippen LogP contribution in [0.15, 0.2) is 60.7 Å². The van der Waals surface area contributed by atoms with Crippen LogP contribution in [-0.4, -0.2) is 32.8 Å². The van der Waals surface area contributed by atoms with Crippen molar-refractivity contribution in [3.63, 3.8) is 0 Å². The zero-order valence-electron chi connectivity index (χ0n) is 18.9. The lowest BCUT2D eigenvalue weighted by atomic mass is 9.94. The van der Waals surface area contributed by atoms with Gasteiger partial charge >= 0.3 is 0 Å². The van der Waals surface area contributed by atoms with Gasteiger partial charge in [-0.2, -0.15) is 5.26 Å². The number of nitrogens with one attached hydrogen (secondary N) is 3. The summed E-state index contributed by atoms with van der Waals surface area (Å²) >= 11 is 0. The van der Waals surface area contributed by atoms with Crippen LogP contribution in [-0.2, 0) is 30.8 Å². The highest BCUT2D eigenvalue weighted by Gasteiger charge is 2.33. The first kappa shape index (κ1) is 21.4. The molecule has 0 saturated carbocycles. The predicted octanol–water partition coefficient (Wildman–Crippen LogP) is 1.96. The third-order valence-electron chi connectivity index (χ3n) is 6.65. The molecule has 6 nitrogen and oxygen atoms in total. The van der Waals surface area contributed by atoms with E-state index >= 15 is 0 Å². The number of fused-ring (bicyclic) bond motifs is 1. The van der Waals surface area contributed by atoms with E-state index in [-0.39, 0.29) is 0 Å². The van der Waals surface area contributed by atoms with E-state index < -0.39 is 0 Å². The van der Waals surface area contributed by atoms with E-state index in [1.54, 1.807) is 0 Å². The highest BCUT2D eigenvalue weighted by atomic mass is 16.5. The van der Waals surface area contributed by atoms with Gasteiger partial charge in [-0.05, 0) is 11.1 Å². The number of aromatic amines is 1. The normalized spacial score (nSPS) is 17.8. The Balaban J connectivity index is 1.48. The molecule has 1 atom stereocenters. The van der Waals surface area contributed by atoms with Crippen LogP contribution in [0.4, 0.5) is 11.6 Å². The van der Waals surface area contributed by atoms with Crippen LogP contribution < -0.4 is 20.1 Å². The van der Waals surface area contributed by atoms with Gasteiger partial charge in [0.2, 0.25) is 11.6 Å². The minimum Gasteiger partial charge on any atom is -0.375 e. The first-order valence-corrected chi connectivity index (χ1v) is 11.8. The monoisotopic (exact) mass is 441 g/mol. The van der Waals surface area contributed by atoms with Gasteiger partial charge in [-0.25, -0.2) is 4.98 Å². The number of morpholine rings is 1. The van der Waals surface area contributed by atoms with Crippen molar-refractivity contribution >= 4 is 11.6 Å². The molecule has 1 saturated heterocycles. The molecule has 0 amide bonds. The van der Waals surface area contributed by atoms with Gasteiger partial charge in [0.15, 0.2) is 0 Å². The molecular formula is C27H31N5O+2.